The van der Waals surface area contributed by atoms with E-state index in [0.717, 1.165) is 12.1 Å². The largest absolute Gasteiger partial charge is 0.493 e. The molecule has 0 radical (unpaired) electrons. The fourth-order valence-electron chi connectivity index (χ4n) is 3.58. The topological polar surface area (TPSA) is 87.7 Å². The highest BCUT2D eigenvalue weighted by molar-refractivity contribution is 5.99. The molecule has 9 heteroatoms. The van der Waals surface area contributed by atoms with Crippen LogP contribution in [0.2, 0.25) is 0 Å². The number of aliphatic hydroxyl groups excluding tert-OH is 1. The number of aliphatic hydroxyl groups is 1. The number of H-pyrrole nitrogens is 1. The number of imidazole rings is 1. The Morgan fingerprint density at radius 3 is 2.93 bits per heavy atom. The van der Waals surface area contributed by atoms with E-state index in [1.165, 1.54) is 4.90 Å². The second kappa shape index (κ2) is 7.91. The number of aryl methyl sites for hydroxylation is 1. The second-order valence-electron chi connectivity index (χ2n) is 7.19. The molecule has 2 N–H and O–H groups in total. The molecule has 0 saturated heterocycles. The van der Waals surface area contributed by atoms with Gasteiger partial charge in [-0.05, 0) is 19.1 Å². The van der Waals surface area contributed by atoms with Gasteiger partial charge in [-0.25, -0.2) is 13.8 Å². The van der Waals surface area contributed by atoms with Crippen LogP contribution >= 0.6 is 0 Å². The molecule has 0 aliphatic carbocycles. The number of halogens is 2. The monoisotopic (exact) mass is 417 g/mol. The van der Waals surface area contributed by atoms with Gasteiger partial charge in [0, 0.05) is 37.7 Å². The van der Waals surface area contributed by atoms with Crippen LogP contribution in [0.5, 0.6) is 11.5 Å². The van der Waals surface area contributed by atoms with Gasteiger partial charge in [0.2, 0.25) is 0 Å². The first kappa shape index (κ1) is 20.1. The van der Waals surface area contributed by atoms with Gasteiger partial charge in [0.1, 0.15) is 40.6 Å². The van der Waals surface area contributed by atoms with Crippen LogP contribution in [-0.2, 0) is 0 Å². The lowest BCUT2D eigenvalue weighted by Crippen LogP contribution is -2.29. The van der Waals surface area contributed by atoms with Crippen molar-refractivity contribution >= 4 is 16.9 Å². The van der Waals surface area contributed by atoms with Crippen LogP contribution in [0.1, 0.15) is 34.3 Å². The van der Waals surface area contributed by atoms with Crippen molar-refractivity contribution in [1.82, 2.24) is 14.9 Å². The molecule has 3 aromatic rings. The number of hydrogen-bond acceptors (Lipinski definition) is 5. The SMILES string of the molecule is Cc1nc2c(OC3CCOc4cc(F)cc(F)c43)cc(C(=O)N(C)CCO)cc2[nH]1. The van der Waals surface area contributed by atoms with Gasteiger partial charge in [0.15, 0.2) is 0 Å². The molecule has 2 heterocycles. The number of hydrogen-bond donors (Lipinski definition) is 2. The Kier molecular flexibility index (Phi) is 5.29. The number of aromatic nitrogens is 2. The summed E-state index contributed by atoms with van der Waals surface area (Å²) in [5.74, 6) is -0.740. The van der Waals surface area contributed by atoms with Crippen LogP contribution < -0.4 is 9.47 Å². The number of likely N-dealkylation sites (N-methyl/N-ethyl adjacent to an activating group) is 1. The Hall–Kier alpha value is -3.20. The van der Waals surface area contributed by atoms with Gasteiger partial charge in [-0.3, -0.25) is 4.79 Å². The maximum absolute atomic E-state index is 14.5. The van der Waals surface area contributed by atoms with E-state index in [2.05, 4.69) is 9.97 Å². The summed E-state index contributed by atoms with van der Waals surface area (Å²) in [5.41, 5.74) is 1.57. The third-order valence-electron chi connectivity index (χ3n) is 4.98. The first-order chi connectivity index (χ1) is 14.4. The van der Waals surface area contributed by atoms with Gasteiger partial charge in [-0.2, -0.15) is 0 Å². The molecule has 4 rings (SSSR count). The number of fused-ring (bicyclic) bond motifs is 2. The van der Waals surface area contributed by atoms with E-state index in [-0.39, 0.29) is 37.0 Å². The quantitative estimate of drug-likeness (QED) is 0.666. The third-order valence-corrected chi connectivity index (χ3v) is 4.98. The van der Waals surface area contributed by atoms with Gasteiger partial charge in [0.05, 0.1) is 24.3 Å². The van der Waals surface area contributed by atoms with E-state index >= 15 is 0 Å². The van der Waals surface area contributed by atoms with Crippen LogP contribution in [-0.4, -0.2) is 52.7 Å². The predicted octanol–water partition coefficient (Wildman–Crippen LogP) is 3.12. The van der Waals surface area contributed by atoms with E-state index in [4.69, 9.17) is 14.6 Å². The summed E-state index contributed by atoms with van der Waals surface area (Å²) in [4.78, 5) is 21.6. The van der Waals surface area contributed by atoms with Gasteiger partial charge in [0.25, 0.3) is 5.91 Å². The molecule has 0 fully saturated rings. The van der Waals surface area contributed by atoms with Crippen LogP contribution in [0, 0.1) is 18.6 Å². The number of ether oxygens (including phenoxy) is 2. The number of carbonyl (C=O) groups is 1. The molecular weight excluding hydrogens is 396 g/mol. The minimum absolute atomic E-state index is 0.105. The lowest BCUT2D eigenvalue weighted by Gasteiger charge is -2.27. The van der Waals surface area contributed by atoms with Gasteiger partial charge < -0.3 is 24.5 Å². The minimum atomic E-state index is -0.751. The molecule has 1 aliphatic heterocycles. The maximum atomic E-state index is 14.5. The number of rotatable bonds is 5. The molecule has 2 aromatic carbocycles. The molecule has 1 amide bonds. The van der Waals surface area contributed by atoms with Crippen molar-refractivity contribution in [3.63, 3.8) is 0 Å². The van der Waals surface area contributed by atoms with Crippen molar-refractivity contribution in [2.45, 2.75) is 19.4 Å². The van der Waals surface area contributed by atoms with Crippen molar-refractivity contribution in [2.75, 3.05) is 26.8 Å². The standard InChI is InChI=1S/C21H21F2N3O4/c1-11-24-15-7-12(21(28)26(2)4-5-27)8-18(20(15)25-11)30-16-3-6-29-17-10-13(22)9-14(23)19(16)17/h7-10,16,27H,3-6H2,1-2H3,(H,24,25). The van der Waals surface area contributed by atoms with Crippen LogP contribution in [0.15, 0.2) is 24.3 Å². The highest BCUT2D eigenvalue weighted by atomic mass is 19.1. The minimum Gasteiger partial charge on any atom is -0.493 e. The number of amides is 1. The average molecular weight is 417 g/mol. The normalized spacial score (nSPS) is 15.6. The molecule has 1 aliphatic rings. The summed E-state index contributed by atoms with van der Waals surface area (Å²) < 4.78 is 39.6. The zero-order chi connectivity index (χ0) is 21.4. The molecule has 1 unspecified atom stereocenters. The summed E-state index contributed by atoms with van der Waals surface area (Å²) in [6.07, 6.45) is -0.377. The molecule has 0 bridgehead atoms. The molecule has 158 valence electrons. The highest BCUT2D eigenvalue weighted by Gasteiger charge is 2.29. The summed E-state index contributed by atoms with van der Waals surface area (Å²) in [6, 6.07) is 5.13. The van der Waals surface area contributed by atoms with E-state index < -0.39 is 17.7 Å². The van der Waals surface area contributed by atoms with Gasteiger partial charge >= 0.3 is 0 Å². The Morgan fingerprint density at radius 2 is 2.17 bits per heavy atom. The highest BCUT2D eigenvalue weighted by Crippen LogP contribution is 2.39. The summed E-state index contributed by atoms with van der Waals surface area (Å²) >= 11 is 0. The Labute approximate surface area is 171 Å². The van der Waals surface area contributed by atoms with E-state index in [1.807, 2.05) is 0 Å². The zero-order valence-electron chi connectivity index (χ0n) is 16.5. The van der Waals surface area contributed by atoms with E-state index in [1.54, 1.807) is 26.1 Å². The smallest absolute Gasteiger partial charge is 0.253 e. The lowest BCUT2D eigenvalue weighted by atomic mass is 10.0. The molecule has 0 saturated carbocycles. The summed E-state index contributed by atoms with van der Waals surface area (Å²) in [5, 5.41) is 9.11. The van der Waals surface area contributed by atoms with Crippen molar-refractivity contribution in [3.05, 3.63) is 52.9 Å². The number of nitrogens with zero attached hydrogens (tertiary/aromatic N) is 2. The summed E-state index contributed by atoms with van der Waals surface area (Å²) in [6.45, 7) is 2.03. The molecule has 1 aromatic heterocycles. The van der Waals surface area contributed by atoms with Crippen molar-refractivity contribution in [1.29, 1.82) is 0 Å². The van der Waals surface area contributed by atoms with Crippen molar-refractivity contribution in [3.8, 4) is 11.5 Å². The second-order valence-corrected chi connectivity index (χ2v) is 7.19. The Morgan fingerprint density at radius 1 is 1.37 bits per heavy atom. The molecular formula is C21H21F2N3O4. The van der Waals surface area contributed by atoms with Gasteiger partial charge in [-0.15, -0.1) is 0 Å². The first-order valence-electron chi connectivity index (χ1n) is 9.52. The lowest BCUT2D eigenvalue weighted by molar-refractivity contribution is 0.0765. The van der Waals surface area contributed by atoms with Gasteiger partial charge in [-0.1, -0.05) is 0 Å². The molecule has 1 atom stereocenters. The summed E-state index contributed by atoms with van der Waals surface area (Å²) in [7, 11) is 1.58. The predicted molar refractivity (Wildman–Crippen MR) is 105 cm³/mol. The van der Waals surface area contributed by atoms with E-state index in [0.29, 0.717) is 34.6 Å². The third kappa shape index (κ3) is 3.68. The molecule has 30 heavy (non-hydrogen) atoms. The van der Waals surface area contributed by atoms with Crippen molar-refractivity contribution < 1.29 is 28.2 Å². The zero-order valence-corrected chi connectivity index (χ0v) is 16.5. The average Bonchev–Trinajstić information content (AvgIpc) is 3.07. The van der Waals surface area contributed by atoms with E-state index in [9.17, 15) is 13.6 Å². The number of aromatic amines is 1. The van der Waals surface area contributed by atoms with Crippen molar-refractivity contribution in [2.24, 2.45) is 0 Å². The molecule has 7 nitrogen and oxygen atoms in total. The number of benzene rings is 2. The fraction of sp³-hybridized carbons (Fsp3) is 0.333. The Balaban J connectivity index is 1.76. The first-order valence-corrected chi connectivity index (χ1v) is 9.52. The maximum Gasteiger partial charge on any atom is 0.253 e. The van der Waals surface area contributed by atoms with Crippen LogP contribution in [0.25, 0.3) is 11.0 Å². The molecule has 0 spiro atoms. The number of carbonyl (C=O) groups excluding carboxylic acids is 1. The fourth-order valence-corrected chi connectivity index (χ4v) is 3.58. The van der Waals surface area contributed by atoms with Crippen LogP contribution in [0.3, 0.4) is 0 Å². The Bertz CT molecular complexity index is 1120. The number of nitrogens with one attached hydrogen (secondary N) is 1. The van der Waals surface area contributed by atoms with Crippen LogP contribution in [0.4, 0.5) is 8.78 Å².